The summed E-state index contributed by atoms with van der Waals surface area (Å²) in [6.45, 7) is 4.12. The van der Waals surface area contributed by atoms with Crippen molar-refractivity contribution in [2.45, 2.75) is 62.9 Å². The summed E-state index contributed by atoms with van der Waals surface area (Å²) in [5.74, 6) is -3.80. The number of carbonyl (C=O) groups is 3. The maximum absolute atomic E-state index is 16.4. The van der Waals surface area contributed by atoms with Gasteiger partial charge in [0, 0.05) is 67.2 Å². The molecule has 2 fully saturated rings. The average Bonchev–Trinajstić information content (AvgIpc) is 3.74. The van der Waals surface area contributed by atoms with Gasteiger partial charge in [-0.2, -0.15) is 5.10 Å². The lowest BCUT2D eigenvalue weighted by Gasteiger charge is -2.35. The number of benzene rings is 4. The monoisotopic (exact) mass is 854 g/mol. The molecule has 0 saturated carbocycles. The largest absolute Gasteiger partial charge is 0.488 e. The molecule has 3 aliphatic rings. The third-order valence-electron chi connectivity index (χ3n) is 12.6. The molecule has 3 atom stereocenters. The second-order valence-electron chi connectivity index (χ2n) is 16.2. The van der Waals surface area contributed by atoms with Crippen molar-refractivity contribution in [1.29, 1.82) is 0 Å². The number of aliphatic hydroxyl groups excluding tert-OH is 1. The number of nitrogens with two attached hydrogens (primary N) is 1. The lowest BCUT2D eigenvalue weighted by Crippen LogP contribution is -2.44. The van der Waals surface area contributed by atoms with E-state index in [1.165, 1.54) is 18.2 Å². The molecule has 5 aromatic rings. The summed E-state index contributed by atoms with van der Waals surface area (Å²) >= 11 is 6.68. The van der Waals surface area contributed by atoms with E-state index in [9.17, 15) is 19.5 Å². The number of para-hydroxylation sites is 1. The number of aromatic nitrogens is 2. The highest BCUT2D eigenvalue weighted by Gasteiger charge is 2.50. The van der Waals surface area contributed by atoms with Crippen LogP contribution in [0.4, 0.5) is 14.5 Å². The molecule has 4 heterocycles. The minimum atomic E-state index is -1.06. The van der Waals surface area contributed by atoms with Crippen molar-refractivity contribution in [3.05, 3.63) is 106 Å². The summed E-state index contributed by atoms with van der Waals surface area (Å²) in [7, 11) is 1.90. The molecule has 4 aromatic carbocycles. The smallest absolute Gasteiger partial charge is 0.249 e. The first kappa shape index (κ1) is 42.1. The van der Waals surface area contributed by atoms with Crippen molar-refractivity contribution < 1.29 is 37.7 Å². The van der Waals surface area contributed by atoms with E-state index in [0.29, 0.717) is 43.1 Å². The Hall–Kier alpha value is -5.57. The lowest BCUT2D eigenvalue weighted by molar-refractivity contribution is -0.134. The third kappa shape index (κ3) is 7.81. The molecule has 12 nitrogen and oxygen atoms in total. The summed E-state index contributed by atoms with van der Waals surface area (Å²) in [6, 6.07) is 19.5. The number of nitrogens with one attached hydrogen (secondary N) is 2. The fourth-order valence-corrected chi connectivity index (χ4v) is 9.80. The van der Waals surface area contributed by atoms with E-state index in [0.717, 1.165) is 60.9 Å². The van der Waals surface area contributed by atoms with E-state index < -0.39 is 35.0 Å². The number of aliphatic hydroxyl groups is 1. The number of hydrogen-bond donors (Lipinski definition) is 4. The number of carbonyl (C=O) groups excluding carboxylic acids is 3. The maximum Gasteiger partial charge on any atom is 0.249 e. The van der Waals surface area contributed by atoms with Gasteiger partial charge in [0.15, 0.2) is 17.2 Å². The zero-order valence-electron chi connectivity index (χ0n) is 34.1. The van der Waals surface area contributed by atoms with Gasteiger partial charge in [0.05, 0.1) is 40.0 Å². The zero-order valence-corrected chi connectivity index (χ0v) is 34.9. The number of fused-ring (bicyclic) bond motifs is 2. The number of halogens is 3. The number of anilines is 1. The first-order valence-electron chi connectivity index (χ1n) is 20.8. The highest BCUT2D eigenvalue weighted by Crippen LogP contribution is 2.56. The van der Waals surface area contributed by atoms with E-state index in [1.54, 1.807) is 0 Å². The summed E-state index contributed by atoms with van der Waals surface area (Å²) in [4.78, 5) is 39.6. The topological polar surface area (TPSA) is 161 Å². The predicted molar refractivity (Wildman–Crippen MR) is 228 cm³/mol. The van der Waals surface area contributed by atoms with Crippen LogP contribution >= 0.6 is 11.6 Å². The van der Waals surface area contributed by atoms with E-state index >= 15 is 8.78 Å². The molecule has 15 heteroatoms. The Labute approximate surface area is 357 Å². The second-order valence-corrected chi connectivity index (χ2v) is 16.6. The molecular weight excluding hydrogens is 806 g/mol. The Morgan fingerprint density at radius 1 is 1.08 bits per heavy atom. The highest BCUT2D eigenvalue weighted by molar-refractivity contribution is 6.34. The zero-order chi connectivity index (χ0) is 43.0. The molecule has 0 aliphatic carbocycles. The number of primary amides is 1. The van der Waals surface area contributed by atoms with Gasteiger partial charge in [0.2, 0.25) is 17.7 Å². The van der Waals surface area contributed by atoms with Crippen LogP contribution < -0.4 is 30.7 Å². The number of imide groups is 1. The van der Waals surface area contributed by atoms with Crippen LogP contribution in [0.15, 0.2) is 66.7 Å². The number of hydrogen-bond acceptors (Lipinski definition) is 9. The Kier molecular flexibility index (Phi) is 12.0. The van der Waals surface area contributed by atoms with Crippen LogP contribution in [0.5, 0.6) is 11.5 Å². The summed E-state index contributed by atoms with van der Waals surface area (Å²) < 4.78 is 46.1. The van der Waals surface area contributed by atoms with Crippen LogP contribution in [0.25, 0.3) is 22.0 Å². The van der Waals surface area contributed by atoms with Gasteiger partial charge >= 0.3 is 0 Å². The molecule has 1 aromatic heterocycles. The molecule has 8 rings (SSSR count). The number of aryl methyl sites for hydroxylation is 1. The Morgan fingerprint density at radius 2 is 1.85 bits per heavy atom. The molecular formula is C46H49ClF2N6O6. The van der Waals surface area contributed by atoms with Gasteiger partial charge < -0.3 is 30.5 Å². The van der Waals surface area contributed by atoms with Crippen LogP contribution in [0.1, 0.15) is 84.5 Å². The minimum absolute atomic E-state index is 0.0385. The highest BCUT2D eigenvalue weighted by atomic mass is 35.5. The summed E-state index contributed by atoms with van der Waals surface area (Å²) in [5.41, 5.74) is 8.17. The molecule has 3 amide bonds. The SMILES string of the molecule is C[C@H]1c2c(cc(F)c(Cl)c2-c2c(C(N)=O)ccc(OCCO)c2F)O[C@]1(CNCCCC1CCN(c2cccc3c(C4CCC(=O)NC4=O)nn(C)c23)CC1)c1ccccc1. The van der Waals surface area contributed by atoms with Crippen LogP contribution in [-0.4, -0.2) is 72.0 Å². The van der Waals surface area contributed by atoms with Gasteiger partial charge in [-0.1, -0.05) is 61.0 Å². The molecule has 0 bridgehead atoms. The molecule has 2 saturated heterocycles. The quantitative estimate of drug-likeness (QED) is 0.0693. The van der Waals surface area contributed by atoms with Crippen LogP contribution in [0.3, 0.4) is 0 Å². The fraction of sp³-hybridized carbons (Fsp3) is 0.391. The minimum Gasteiger partial charge on any atom is -0.488 e. The number of amides is 3. The standard InChI is InChI=1S/C46H49ClF2N6O6/c1-26-37-35(24-32(48)40(47)39(37)38-29(44(50)58)13-15-34(41(38)49)60-23-22-56)61-46(26,28-9-4-3-5-10-28)25-51-19-7-8-27-17-20-55(21-18-27)33-12-6-11-30-42(53-54(2)43(30)33)31-14-16-36(57)52-45(31)59/h3-6,9-13,15,24,26-27,31,51,56H,7-8,14,16-23,25H2,1-2H3,(H2,50,58)(H,52,57,59)/t26-,31?,46-/m0/s1. The molecule has 0 radical (unpaired) electrons. The molecule has 3 aliphatic heterocycles. The maximum atomic E-state index is 16.4. The number of rotatable bonds is 14. The first-order valence-corrected chi connectivity index (χ1v) is 21.2. The Balaban J connectivity index is 0.960. The average molecular weight is 855 g/mol. The van der Waals surface area contributed by atoms with Crippen LogP contribution in [0.2, 0.25) is 5.02 Å². The van der Waals surface area contributed by atoms with E-state index in [-0.39, 0.29) is 58.2 Å². The van der Waals surface area contributed by atoms with Crippen molar-refractivity contribution in [2.24, 2.45) is 18.7 Å². The second kappa shape index (κ2) is 17.4. The summed E-state index contributed by atoms with van der Waals surface area (Å²) in [5, 5.41) is 20.7. The van der Waals surface area contributed by atoms with Gasteiger partial charge in [0.25, 0.3) is 0 Å². The Bertz CT molecular complexity index is 2490. The predicted octanol–water partition coefficient (Wildman–Crippen LogP) is 6.84. The molecule has 320 valence electrons. The third-order valence-corrected chi connectivity index (χ3v) is 13.0. The van der Waals surface area contributed by atoms with Gasteiger partial charge in [0.1, 0.15) is 18.2 Å². The van der Waals surface area contributed by atoms with Crippen molar-refractivity contribution in [1.82, 2.24) is 20.4 Å². The van der Waals surface area contributed by atoms with Crippen molar-refractivity contribution in [2.75, 3.05) is 44.3 Å². The molecule has 61 heavy (non-hydrogen) atoms. The number of ether oxygens (including phenoxy) is 2. The normalized spacial score (nSPS) is 20.5. The Morgan fingerprint density at radius 3 is 2.57 bits per heavy atom. The van der Waals surface area contributed by atoms with E-state index in [1.807, 2.05) is 61.1 Å². The van der Waals surface area contributed by atoms with Crippen molar-refractivity contribution >= 4 is 45.9 Å². The van der Waals surface area contributed by atoms with Gasteiger partial charge in [-0.3, -0.25) is 24.4 Å². The van der Waals surface area contributed by atoms with Crippen LogP contribution in [0, 0.1) is 17.6 Å². The van der Waals surface area contributed by atoms with Gasteiger partial charge in [-0.05, 0) is 68.3 Å². The first-order chi connectivity index (χ1) is 29.4. The van der Waals surface area contributed by atoms with Gasteiger partial charge in [-0.25, -0.2) is 8.78 Å². The summed E-state index contributed by atoms with van der Waals surface area (Å²) in [6.07, 6.45) is 4.70. The fourth-order valence-electron chi connectivity index (χ4n) is 9.55. The molecule has 0 spiro atoms. The van der Waals surface area contributed by atoms with Crippen LogP contribution in [-0.2, 0) is 22.2 Å². The van der Waals surface area contributed by atoms with Gasteiger partial charge in [-0.15, -0.1) is 0 Å². The van der Waals surface area contributed by atoms with Crippen molar-refractivity contribution in [3.63, 3.8) is 0 Å². The number of piperidine rings is 2. The van der Waals surface area contributed by atoms with E-state index in [2.05, 4.69) is 21.6 Å². The lowest BCUT2D eigenvalue weighted by atomic mass is 9.77. The van der Waals surface area contributed by atoms with Crippen molar-refractivity contribution in [3.8, 4) is 22.6 Å². The molecule has 1 unspecified atom stereocenters. The van der Waals surface area contributed by atoms with E-state index in [4.69, 9.17) is 31.9 Å². The number of nitrogens with zero attached hydrogens (tertiary/aromatic N) is 3. The molecule has 5 N–H and O–H groups in total.